The number of nitrogens with zero attached hydrogens (tertiary/aromatic N) is 2. The largest absolute Gasteiger partial charge is 0.384 e. The second kappa shape index (κ2) is 4.03. The van der Waals surface area contributed by atoms with E-state index in [1.807, 2.05) is 12.3 Å². The number of aromatic nitrogens is 1. The molecule has 4 bridgehead atoms. The number of nitrogens with two attached hydrogens (primary N) is 1. The summed E-state index contributed by atoms with van der Waals surface area (Å²) in [6, 6.07) is 4.02. The fraction of sp³-hybridized carbons (Fsp3) is 0.688. The first-order chi connectivity index (χ1) is 9.24. The highest BCUT2D eigenvalue weighted by atomic mass is 15.0. The van der Waals surface area contributed by atoms with Gasteiger partial charge in [-0.15, -0.1) is 0 Å². The molecule has 0 atom stereocenters. The van der Waals surface area contributed by atoms with Gasteiger partial charge in [0.05, 0.1) is 5.56 Å². The zero-order valence-electron chi connectivity index (χ0n) is 11.3. The quantitative estimate of drug-likeness (QED) is 0.883. The molecule has 1 aromatic heterocycles. The number of hydrogen-bond donors (Lipinski definition) is 1. The first-order valence-electron chi connectivity index (χ1n) is 7.59. The van der Waals surface area contributed by atoms with E-state index < -0.39 is 0 Å². The molecule has 3 nitrogen and oxygen atoms in total. The molecular formula is C16H21N3. The van der Waals surface area contributed by atoms with Crippen LogP contribution in [0.4, 0.5) is 5.82 Å². The lowest BCUT2D eigenvalue weighted by Gasteiger charge is -2.54. The number of nitriles is 1. The Bertz CT molecular complexity index is 509. The van der Waals surface area contributed by atoms with Crippen molar-refractivity contribution < 1.29 is 0 Å². The third-order valence-corrected chi connectivity index (χ3v) is 5.96. The average molecular weight is 255 g/mol. The predicted octanol–water partition coefficient (Wildman–Crippen LogP) is 3.01. The van der Waals surface area contributed by atoms with Crippen LogP contribution in [0.25, 0.3) is 0 Å². The molecule has 0 spiro atoms. The van der Waals surface area contributed by atoms with Gasteiger partial charge in [-0.2, -0.15) is 5.26 Å². The van der Waals surface area contributed by atoms with Crippen LogP contribution in [0.5, 0.6) is 0 Å². The molecule has 2 N–H and O–H groups in total. The van der Waals surface area contributed by atoms with E-state index in [1.54, 1.807) is 0 Å². The minimum Gasteiger partial charge on any atom is -0.384 e. The van der Waals surface area contributed by atoms with E-state index >= 15 is 0 Å². The Kier molecular flexibility index (Phi) is 2.42. The van der Waals surface area contributed by atoms with Crippen molar-refractivity contribution in [3.05, 3.63) is 17.8 Å². The summed E-state index contributed by atoms with van der Waals surface area (Å²) in [7, 11) is 0. The van der Waals surface area contributed by atoms with Crippen LogP contribution in [0.1, 0.15) is 37.7 Å². The van der Waals surface area contributed by atoms with Crippen LogP contribution in [0.2, 0.25) is 0 Å². The molecule has 1 heterocycles. The summed E-state index contributed by atoms with van der Waals surface area (Å²) in [5.41, 5.74) is 6.69. The molecular weight excluding hydrogens is 234 g/mol. The van der Waals surface area contributed by atoms with Gasteiger partial charge in [-0.25, -0.2) is 0 Å². The summed E-state index contributed by atoms with van der Waals surface area (Å²) in [4.78, 5) is 0. The van der Waals surface area contributed by atoms with E-state index in [0.717, 1.165) is 36.1 Å². The van der Waals surface area contributed by atoms with Crippen LogP contribution < -0.4 is 5.73 Å². The third kappa shape index (κ3) is 1.69. The fourth-order valence-corrected chi connectivity index (χ4v) is 5.30. The summed E-state index contributed by atoms with van der Waals surface area (Å²) < 4.78 is 2.12. The van der Waals surface area contributed by atoms with E-state index in [0.29, 0.717) is 11.4 Å². The molecule has 0 unspecified atom stereocenters. The molecule has 4 aliphatic carbocycles. The van der Waals surface area contributed by atoms with Gasteiger partial charge in [0.1, 0.15) is 11.9 Å². The molecule has 4 saturated carbocycles. The Balaban J connectivity index is 1.57. The highest BCUT2D eigenvalue weighted by molar-refractivity contribution is 5.49. The number of nitrogen functional groups attached to an aromatic ring is 1. The van der Waals surface area contributed by atoms with E-state index in [9.17, 15) is 0 Å². The fourth-order valence-electron chi connectivity index (χ4n) is 5.30. The van der Waals surface area contributed by atoms with Gasteiger partial charge >= 0.3 is 0 Å². The molecule has 1 aromatic rings. The topological polar surface area (TPSA) is 54.7 Å². The summed E-state index contributed by atoms with van der Waals surface area (Å²) in [6.07, 6.45) is 9.30. The lowest BCUT2D eigenvalue weighted by molar-refractivity contribution is -0.0427. The molecule has 0 aromatic carbocycles. The lowest BCUT2D eigenvalue weighted by Crippen LogP contribution is -2.46. The molecule has 0 amide bonds. The standard InChI is InChI=1S/C16H21N3/c17-8-12-1-2-19(16(12)18)9-15-13-4-10-3-11(6-13)7-14(15)5-10/h1-2,10-11,13-15H,3-7,9,18H2. The zero-order chi connectivity index (χ0) is 13.0. The lowest BCUT2D eigenvalue weighted by atomic mass is 9.52. The maximum atomic E-state index is 9.00. The first-order valence-corrected chi connectivity index (χ1v) is 7.59. The predicted molar refractivity (Wildman–Crippen MR) is 74.1 cm³/mol. The van der Waals surface area contributed by atoms with Gasteiger partial charge in [-0.05, 0) is 67.8 Å². The highest BCUT2D eigenvalue weighted by Gasteiger charge is 2.48. The zero-order valence-corrected chi connectivity index (χ0v) is 11.3. The normalized spacial score (nSPS) is 39.4. The van der Waals surface area contributed by atoms with Gasteiger partial charge in [0.15, 0.2) is 0 Å². The summed E-state index contributed by atoms with van der Waals surface area (Å²) in [5.74, 6) is 5.35. The summed E-state index contributed by atoms with van der Waals surface area (Å²) >= 11 is 0. The van der Waals surface area contributed by atoms with Crippen molar-refractivity contribution in [2.24, 2.45) is 29.6 Å². The monoisotopic (exact) mass is 255 g/mol. The minimum atomic E-state index is 0.629. The van der Waals surface area contributed by atoms with Gasteiger partial charge in [0.2, 0.25) is 0 Å². The Hall–Kier alpha value is -1.43. The second-order valence-corrected chi connectivity index (χ2v) is 6.97. The van der Waals surface area contributed by atoms with Gasteiger partial charge < -0.3 is 10.3 Å². The van der Waals surface area contributed by atoms with Crippen LogP contribution in [0, 0.1) is 40.9 Å². The molecule has 4 fully saturated rings. The van der Waals surface area contributed by atoms with Crippen LogP contribution in [0.3, 0.4) is 0 Å². The smallest absolute Gasteiger partial charge is 0.121 e. The van der Waals surface area contributed by atoms with Crippen LogP contribution in [-0.2, 0) is 6.54 Å². The summed E-state index contributed by atoms with van der Waals surface area (Å²) in [5, 5.41) is 9.00. The maximum Gasteiger partial charge on any atom is 0.121 e. The van der Waals surface area contributed by atoms with Crippen LogP contribution >= 0.6 is 0 Å². The van der Waals surface area contributed by atoms with Crippen LogP contribution in [-0.4, -0.2) is 4.57 Å². The molecule has 100 valence electrons. The molecule has 19 heavy (non-hydrogen) atoms. The molecule has 4 aliphatic rings. The maximum absolute atomic E-state index is 9.00. The van der Waals surface area contributed by atoms with Crippen molar-refractivity contribution in [3.63, 3.8) is 0 Å². The average Bonchev–Trinajstić information content (AvgIpc) is 2.74. The number of anilines is 1. The molecule has 3 heteroatoms. The van der Waals surface area contributed by atoms with E-state index in [-0.39, 0.29) is 0 Å². The van der Waals surface area contributed by atoms with Crippen molar-refractivity contribution in [1.82, 2.24) is 4.57 Å². The van der Waals surface area contributed by atoms with E-state index in [4.69, 9.17) is 11.0 Å². The van der Waals surface area contributed by atoms with E-state index in [1.165, 1.54) is 32.1 Å². The van der Waals surface area contributed by atoms with Gasteiger partial charge in [0, 0.05) is 12.7 Å². The van der Waals surface area contributed by atoms with Crippen molar-refractivity contribution in [2.45, 2.75) is 38.6 Å². The molecule has 5 rings (SSSR count). The minimum absolute atomic E-state index is 0.629. The Morgan fingerprint density at radius 2 is 1.79 bits per heavy atom. The third-order valence-electron chi connectivity index (χ3n) is 5.96. The molecule has 0 saturated heterocycles. The van der Waals surface area contributed by atoms with Crippen molar-refractivity contribution >= 4 is 5.82 Å². The number of hydrogen-bond acceptors (Lipinski definition) is 2. The van der Waals surface area contributed by atoms with Crippen LogP contribution in [0.15, 0.2) is 12.3 Å². The second-order valence-electron chi connectivity index (χ2n) is 6.97. The van der Waals surface area contributed by atoms with Gasteiger partial charge in [-0.1, -0.05) is 0 Å². The van der Waals surface area contributed by atoms with E-state index in [2.05, 4.69) is 10.6 Å². The first kappa shape index (κ1) is 11.4. The SMILES string of the molecule is N#Cc1ccn(CC2C3CC4CC(C3)CC2C4)c1N. The molecule has 0 radical (unpaired) electrons. The van der Waals surface area contributed by atoms with Gasteiger partial charge in [-0.3, -0.25) is 0 Å². The van der Waals surface area contributed by atoms with Crippen molar-refractivity contribution in [1.29, 1.82) is 5.26 Å². The Morgan fingerprint density at radius 3 is 2.32 bits per heavy atom. The summed E-state index contributed by atoms with van der Waals surface area (Å²) in [6.45, 7) is 1.03. The van der Waals surface area contributed by atoms with Gasteiger partial charge in [0.25, 0.3) is 0 Å². The van der Waals surface area contributed by atoms with Crippen molar-refractivity contribution in [3.8, 4) is 6.07 Å². The highest BCUT2D eigenvalue weighted by Crippen LogP contribution is 2.56. The Morgan fingerprint density at radius 1 is 1.16 bits per heavy atom. The number of rotatable bonds is 2. The molecule has 0 aliphatic heterocycles. The Labute approximate surface area is 114 Å². The van der Waals surface area contributed by atoms with Crippen molar-refractivity contribution in [2.75, 3.05) is 5.73 Å².